The average Bonchev–Trinajstić information content (AvgIpc) is 2.89. The first-order valence-corrected chi connectivity index (χ1v) is 7.64. The van der Waals surface area contributed by atoms with E-state index < -0.39 is 12.1 Å². The van der Waals surface area contributed by atoms with E-state index in [1.54, 1.807) is 4.90 Å². The van der Waals surface area contributed by atoms with Gasteiger partial charge in [-0.15, -0.1) is 0 Å². The van der Waals surface area contributed by atoms with E-state index in [1.807, 2.05) is 13.8 Å². The van der Waals surface area contributed by atoms with Crippen LogP contribution in [0.5, 0.6) is 0 Å². The van der Waals surface area contributed by atoms with Crippen molar-refractivity contribution >= 4 is 11.9 Å². The van der Waals surface area contributed by atoms with Crippen molar-refractivity contribution in [3.8, 4) is 0 Å². The van der Waals surface area contributed by atoms with Gasteiger partial charge in [-0.05, 0) is 19.3 Å². The highest BCUT2D eigenvalue weighted by Gasteiger charge is 2.34. The smallest absolute Gasteiger partial charge is 0.334 e. The standard InChI is InChI=1S/C15H25NO4/c1-10(7-12-5-3-4-6-12)14(17)16-8-11(2)20-13(9-16)15(18)19/h10-13H,3-9H2,1-2H3,(H,18,19)/t10?,11-,13?/m1/s1. The van der Waals surface area contributed by atoms with E-state index in [2.05, 4.69) is 0 Å². The second-order valence-electron chi connectivity index (χ2n) is 6.30. The summed E-state index contributed by atoms with van der Waals surface area (Å²) >= 11 is 0. The van der Waals surface area contributed by atoms with Crippen molar-refractivity contribution in [2.24, 2.45) is 11.8 Å². The molecule has 0 aromatic heterocycles. The first-order chi connectivity index (χ1) is 9.47. The molecule has 0 aromatic rings. The summed E-state index contributed by atoms with van der Waals surface area (Å²) in [5, 5.41) is 9.06. The van der Waals surface area contributed by atoms with Gasteiger partial charge in [-0.2, -0.15) is 0 Å². The molecule has 2 rings (SSSR count). The summed E-state index contributed by atoms with van der Waals surface area (Å²) < 4.78 is 5.35. The van der Waals surface area contributed by atoms with Gasteiger partial charge in [0.2, 0.25) is 5.91 Å². The van der Waals surface area contributed by atoms with Crippen LogP contribution in [0, 0.1) is 11.8 Å². The lowest BCUT2D eigenvalue weighted by Crippen LogP contribution is -2.53. The molecule has 3 atom stereocenters. The van der Waals surface area contributed by atoms with Crippen LogP contribution in [0.2, 0.25) is 0 Å². The van der Waals surface area contributed by atoms with Crippen molar-refractivity contribution in [3.05, 3.63) is 0 Å². The minimum Gasteiger partial charge on any atom is -0.479 e. The Labute approximate surface area is 120 Å². The number of ether oxygens (including phenoxy) is 1. The first kappa shape index (κ1) is 15.3. The van der Waals surface area contributed by atoms with Crippen molar-refractivity contribution in [1.82, 2.24) is 4.90 Å². The highest BCUT2D eigenvalue weighted by molar-refractivity contribution is 5.80. The number of hydrogen-bond donors (Lipinski definition) is 1. The number of carbonyl (C=O) groups is 2. The first-order valence-electron chi connectivity index (χ1n) is 7.64. The number of amides is 1. The molecule has 20 heavy (non-hydrogen) atoms. The van der Waals surface area contributed by atoms with Gasteiger partial charge in [-0.25, -0.2) is 4.79 Å². The van der Waals surface area contributed by atoms with Crippen LogP contribution in [0.4, 0.5) is 0 Å². The Balaban J connectivity index is 1.91. The molecule has 1 aliphatic carbocycles. The molecule has 0 spiro atoms. The fourth-order valence-electron chi connectivity index (χ4n) is 3.43. The fourth-order valence-corrected chi connectivity index (χ4v) is 3.43. The molecular formula is C15H25NO4. The number of aliphatic carboxylic acids is 1. The second kappa shape index (κ2) is 6.57. The Morgan fingerprint density at radius 2 is 1.95 bits per heavy atom. The van der Waals surface area contributed by atoms with Gasteiger partial charge in [0.25, 0.3) is 0 Å². The van der Waals surface area contributed by atoms with Crippen LogP contribution in [0.15, 0.2) is 0 Å². The van der Waals surface area contributed by atoms with E-state index in [0.29, 0.717) is 12.5 Å². The second-order valence-corrected chi connectivity index (χ2v) is 6.30. The molecule has 1 N–H and O–H groups in total. The molecule has 1 saturated carbocycles. The number of carbonyl (C=O) groups excluding carboxylic acids is 1. The van der Waals surface area contributed by atoms with Gasteiger partial charge in [0, 0.05) is 12.5 Å². The molecule has 114 valence electrons. The number of carboxylic acid groups (broad SMARTS) is 1. The van der Waals surface area contributed by atoms with Crippen LogP contribution in [0.3, 0.4) is 0 Å². The minimum absolute atomic E-state index is 0.0159. The monoisotopic (exact) mass is 283 g/mol. The zero-order valence-electron chi connectivity index (χ0n) is 12.4. The molecular weight excluding hydrogens is 258 g/mol. The van der Waals surface area contributed by atoms with E-state index in [9.17, 15) is 9.59 Å². The van der Waals surface area contributed by atoms with Crippen molar-refractivity contribution in [1.29, 1.82) is 0 Å². The maximum Gasteiger partial charge on any atom is 0.334 e. The Kier molecular flexibility index (Phi) is 5.02. The molecule has 1 aliphatic heterocycles. The predicted molar refractivity (Wildman–Crippen MR) is 74.3 cm³/mol. The van der Waals surface area contributed by atoms with Crippen molar-refractivity contribution in [2.75, 3.05) is 13.1 Å². The van der Waals surface area contributed by atoms with Crippen LogP contribution in [-0.2, 0) is 14.3 Å². The van der Waals surface area contributed by atoms with Gasteiger partial charge in [-0.1, -0.05) is 32.6 Å². The molecule has 0 bridgehead atoms. The highest BCUT2D eigenvalue weighted by Crippen LogP contribution is 2.31. The molecule has 2 fully saturated rings. The van der Waals surface area contributed by atoms with Crippen LogP contribution < -0.4 is 0 Å². The predicted octanol–water partition coefficient (Wildman–Crippen LogP) is 1.90. The normalized spacial score (nSPS) is 29.4. The highest BCUT2D eigenvalue weighted by atomic mass is 16.5. The third kappa shape index (κ3) is 3.72. The van der Waals surface area contributed by atoms with Crippen LogP contribution in [0.1, 0.15) is 46.0 Å². The van der Waals surface area contributed by atoms with Gasteiger partial charge in [0.1, 0.15) is 0 Å². The van der Waals surface area contributed by atoms with Crippen molar-refractivity contribution < 1.29 is 19.4 Å². The van der Waals surface area contributed by atoms with Crippen LogP contribution >= 0.6 is 0 Å². The molecule has 5 nitrogen and oxygen atoms in total. The largest absolute Gasteiger partial charge is 0.479 e. The SMILES string of the molecule is CC(CC1CCCC1)C(=O)N1CC(C(=O)O)O[C@H](C)C1. The zero-order valence-corrected chi connectivity index (χ0v) is 12.4. The quantitative estimate of drug-likeness (QED) is 0.855. The number of hydrogen-bond acceptors (Lipinski definition) is 3. The molecule has 2 aliphatic rings. The summed E-state index contributed by atoms with van der Waals surface area (Å²) in [4.78, 5) is 25.2. The van der Waals surface area contributed by atoms with Gasteiger partial charge in [0.05, 0.1) is 12.6 Å². The van der Waals surface area contributed by atoms with E-state index in [1.165, 1.54) is 25.7 Å². The molecule has 5 heteroatoms. The summed E-state index contributed by atoms with van der Waals surface area (Å²) in [5.74, 6) is -0.253. The Hall–Kier alpha value is -1.10. The summed E-state index contributed by atoms with van der Waals surface area (Å²) in [5.41, 5.74) is 0. The van der Waals surface area contributed by atoms with Crippen molar-refractivity contribution in [2.45, 2.75) is 58.2 Å². The number of nitrogens with zero attached hydrogens (tertiary/aromatic N) is 1. The topological polar surface area (TPSA) is 66.8 Å². The number of carboxylic acids is 1. The van der Waals surface area contributed by atoms with Crippen LogP contribution in [-0.4, -0.2) is 47.2 Å². The maximum atomic E-state index is 12.5. The van der Waals surface area contributed by atoms with Gasteiger partial charge in [-0.3, -0.25) is 4.79 Å². The Morgan fingerprint density at radius 1 is 1.30 bits per heavy atom. The van der Waals surface area contributed by atoms with E-state index >= 15 is 0 Å². The molecule has 0 radical (unpaired) electrons. The Bertz CT molecular complexity index is 365. The van der Waals surface area contributed by atoms with E-state index in [-0.39, 0.29) is 24.5 Å². The van der Waals surface area contributed by atoms with E-state index in [0.717, 1.165) is 6.42 Å². The summed E-state index contributed by atoms with van der Waals surface area (Å²) in [6.45, 7) is 4.46. The number of morpholine rings is 1. The van der Waals surface area contributed by atoms with Crippen LogP contribution in [0.25, 0.3) is 0 Å². The summed E-state index contributed by atoms with van der Waals surface area (Å²) in [6.07, 6.45) is 4.85. The lowest BCUT2D eigenvalue weighted by molar-refractivity contribution is -0.167. The molecule has 1 amide bonds. The van der Waals surface area contributed by atoms with E-state index in [4.69, 9.17) is 9.84 Å². The third-order valence-electron chi connectivity index (χ3n) is 4.43. The lowest BCUT2D eigenvalue weighted by atomic mass is 9.93. The summed E-state index contributed by atoms with van der Waals surface area (Å²) in [7, 11) is 0. The lowest BCUT2D eigenvalue weighted by Gasteiger charge is -2.36. The third-order valence-corrected chi connectivity index (χ3v) is 4.43. The Morgan fingerprint density at radius 3 is 2.55 bits per heavy atom. The molecule has 1 heterocycles. The molecule has 1 saturated heterocycles. The number of rotatable bonds is 4. The molecule has 2 unspecified atom stereocenters. The molecule has 0 aromatic carbocycles. The average molecular weight is 283 g/mol. The zero-order chi connectivity index (χ0) is 14.7. The van der Waals surface area contributed by atoms with Gasteiger partial charge < -0.3 is 14.7 Å². The van der Waals surface area contributed by atoms with Gasteiger partial charge in [0.15, 0.2) is 6.10 Å². The maximum absolute atomic E-state index is 12.5. The summed E-state index contributed by atoms with van der Waals surface area (Å²) in [6, 6.07) is 0. The fraction of sp³-hybridized carbons (Fsp3) is 0.867. The van der Waals surface area contributed by atoms with Crippen molar-refractivity contribution in [3.63, 3.8) is 0 Å². The minimum atomic E-state index is -0.988. The van der Waals surface area contributed by atoms with Gasteiger partial charge >= 0.3 is 5.97 Å².